The lowest BCUT2D eigenvalue weighted by Gasteiger charge is -2.26. The van der Waals surface area contributed by atoms with E-state index in [-0.39, 0.29) is 10.8 Å². The zero-order valence-corrected chi connectivity index (χ0v) is 19.2. The molecule has 1 aromatic heterocycles. The van der Waals surface area contributed by atoms with Crippen molar-refractivity contribution in [1.82, 2.24) is 8.87 Å². The molecule has 31 heavy (non-hydrogen) atoms. The molecule has 1 aliphatic rings. The highest BCUT2D eigenvalue weighted by Gasteiger charge is 2.26. The van der Waals surface area contributed by atoms with Gasteiger partial charge in [-0.05, 0) is 49.2 Å². The maximum atomic E-state index is 12.8. The van der Waals surface area contributed by atoms with E-state index in [1.165, 1.54) is 45.5 Å². The zero-order valence-electron chi connectivity index (χ0n) is 17.6. The van der Waals surface area contributed by atoms with E-state index in [0.29, 0.717) is 43.2 Å². The largest absolute Gasteiger partial charge is 0.379 e. The minimum Gasteiger partial charge on any atom is -0.379 e. The molecule has 4 rings (SSSR count). The summed E-state index contributed by atoms with van der Waals surface area (Å²) in [5.41, 5.74) is 2.70. The monoisotopic (exact) mass is 459 g/mol. The van der Waals surface area contributed by atoms with Gasteiger partial charge in [0, 0.05) is 25.2 Å². The number of hydrogen-bond acceptors (Lipinski definition) is 5. The number of para-hydroxylation sites is 1. The average Bonchev–Trinajstić information content (AvgIpc) is 3.16. The van der Waals surface area contributed by atoms with Crippen molar-refractivity contribution in [3.8, 4) is 0 Å². The van der Waals surface area contributed by atoms with Crippen LogP contribution in [0, 0.1) is 0 Å². The molecule has 0 saturated carbocycles. The normalized spacial score (nSPS) is 16.1. The summed E-state index contributed by atoms with van der Waals surface area (Å²) in [7, 11) is -3.59. The van der Waals surface area contributed by atoms with Crippen LogP contribution in [0.3, 0.4) is 0 Å². The van der Waals surface area contributed by atoms with Gasteiger partial charge in [-0.1, -0.05) is 30.4 Å². The lowest BCUT2D eigenvalue weighted by Crippen LogP contribution is -2.40. The maximum Gasteiger partial charge on any atom is 0.279 e. The number of carbonyl (C=O) groups excluding carboxylic acids is 1. The van der Waals surface area contributed by atoms with Gasteiger partial charge >= 0.3 is 0 Å². The molecule has 0 atom stereocenters. The lowest BCUT2D eigenvalue weighted by atomic mass is 10.1. The van der Waals surface area contributed by atoms with Crippen LogP contribution in [0.25, 0.3) is 10.2 Å². The molecule has 0 N–H and O–H groups in total. The molecular weight excluding hydrogens is 434 g/mol. The highest BCUT2D eigenvalue weighted by molar-refractivity contribution is 7.89. The number of thiazole rings is 1. The topological polar surface area (TPSA) is 81.0 Å². The van der Waals surface area contributed by atoms with Crippen LogP contribution in [0.2, 0.25) is 0 Å². The third-order valence-corrected chi connectivity index (χ3v) is 8.34. The Labute approximate surface area is 185 Å². The highest BCUT2D eigenvalue weighted by atomic mass is 32.2. The molecule has 2 aromatic carbocycles. The van der Waals surface area contributed by atoms with Gasteiger partial charge in [0.25, 0.3) is 5.91 Å². The second kappa shape index (κ2) is 9.04. The van der Waals surface area contributed by atoms with Crippen molar-refractivity contribution in [2.75, 3.05) is 26.3 Å². The van der Waals surface area contributed by atoms with Gasteiger partial charge < -0.3 is 9.30 Å². The summed E-state index contributed by atoms with van der Waals surface area (Å²) in [5, 5.41) is 0. The first-order valence-electron chi connectivity index (χ1n) is 10.3. The van der Waals surface area contributed by atoms with Crippen LogP contribution < -0.4 is 4.80 Å². The molecular formula is C22H25N3O4S2. The van der Waals surface area contributed by atoms with Crippen molar-refractivity contribution in [2.45, 2.75) is 31.7 Å². The molecule has 0 spiro atoms. The number of benzene rings is 2. The maximum absolute atomic E-state index is 12.8. The van der Waals surface area contributed by atoms with Crippen LogP contribution in [0.5, 0.6) is 0 Å². The molecule has 1 amide bonds. The number of amides is 1. The Morgan fingerprint density at radius 3 is 2.45 bits per heavy atom. The predicted molar refractivity (Wildman–Crippen MR) is 121 cm³/mol. The van der Waals surface area contributed by atoms with E-state index < -0.39 is 10.0 Å². The average molecular weight is 460 g/mol. The number of aryl methyl sites for hydroxylation is 2. The Bertz CT molecular complexity index is 1270. The predicted octanol–water partition coefficient (Wildman–Crippen LogP) is 3.05. The van der Waals surface area contributed by atoms with E-state index in [1.807, 2.05) is 19.1 Å². The van der Waals surface area contributed by atoms with E-state index in [4.69, 9.17) is 4.74 Å². The van der Waals surface area contributed by atoms with E-state index >= 15 is 0 Å². The Kier molecular flexibility index (Phi) is 6.38. The summed E-state index contributed by atoms with van der Waals surface area (Å²) in [6.07, 6.45) is 0.903. The number of morpholine rings is 1. The quantitative estimate of drug-likeness (QED) is 0.587. The zero-order chi connectivity index (χ0) is 22.0. The van der Waals surface area contributed by atoms with Crippen LogP contribution >= 0.6 is 11.3 Å². The molecule has 1 aliphatic heterocycles. The van der Waals surface area contributed by atoms with Crippen molar-refractivity contribution in [3.63, 3.8) is 0 Å². The molecule has 0 radical (unpaired) electrons. The van der Waals surface area contributed by atoms with E-state index in [9.17, 15) is 13.2 Å². The minimum atomic E-state index is -3.59. The van der Waals surface area contributed by atoms with Crippen molar-refractivity contribution >= 4 is 37.5 Å². The summed E-state index contributed by atoms with van der Waals surface area (Å²) in [4.78, 5) is 18.0. The van der Waals surface area contributed by atoms with E-state index in [1.54, 1.807) is 0 Å². The molecule has 0 bridgehead atoms. The van der Waals surface area contributed by atoms with Gasteiger partial charge in [-0.2, -0.15) is 9.30 Å². The first kappa shape index (κ1) is 21.9. The number of nitrogens with zero attached hydrogens (tertiary/aromatic N) is 3. The Morgan fingerprint density at radius 2 is 1.81 bits per heavy atom. The second-order valence-corrected chi connectivity index (χ2v) is 10.2. The summed E-state index contributed by atoms with van der Waals surface area (Å²) < 4.78 is 35.3. The van der Waals surface area contributed by atoms with Gasteiger partial charge in [-0.3, -0.25) is 4.79 Å². The smallest absolute Gasteiger partial charge is 0.279 e. The number of rotatable bonds is 5. The molecule has 0 unspecified atom stereocenters. The van der Waals surface area contributed by atoms with Crippen molar-refractivity contribution in [3.05, 3.63) is 58.4 Å². The molecule has 3 aromatic rings. The molecule has 164 valence electrons. The van der Waals surface area contributed by atoms with Crippen LogP contribution in [-0.2, 0) is 27.7 Å². The molecule has 9 heteroatoms. The first-order chi connectivity index (χ1) is 15.0. The molecule has 0 aliphatic carbocycles. The minimum absolute atomic E-state index is 0.170. The number of ether oxygens (including phenoxy) is 1. The molecule has 1 fully saturated rings. The van der Waals surface area contributed by atoms with Crippen LogP contribution in [0.1, 0.15) is 29.8 Å². The fraction of sp³-hybridized carbons (Fsp3) is 0.364. The van der Waals surface area contributed by atoms with E-state index in [0.717, 1.165) is 16.6 Å². The highest BCUT2D eigenvalue weighted by Crippen LogP contribution is 2.22. The van der Waals surface area contributed by atoms with Crippen LogP contribution in [-0.4, -0.2) is 49.5 Å². The fourth-order valence-electron chi connectivity index (χ4n) is 3.72. The summed E-state index contributed by atoms with van der Waals surface area (Å²) in [5.74, 6) is -0.387. The third kappa shape index (κ3) is 4.23. The first-order valence-corrected chi connectivity index (χ1v) is 12.6. The lowest BCUT2D eigenvalue weighted by molar-refractivity contribution is 0.0730. The third-order valence-electron chi connectivity index (χ3n) is 5.39. The van der Waals surface area contributed by atoms with Crippen LogP contribution in [0.15, 0.2) is 52.4 Å². The number of sulfonamides is 1. The van der Waals surface area contributed by atoms with Gasteiger partial charge in [0.15, 0.2) is 4.80 Å². The number of aromatic nitrogens is 1. The number of fused-ring (bicyclic) bond motifs is 1. The number of hydrogen-bond donors (Lipinski definition) is 0. The number of carbonyl (C=O) groups is 1. The standard InChI is InChI=1S/C22H25N3O4S2/c1-3-16-6-5-7-19-20(16)25(4-2)22(30-19)23-21(26)17-8-10-18(11-9-17)31(27,28)24-12-14-29-15-13-24/h5-11H,3-4,12-15H2,1-2H3. The molecule has 1 saturated heterocycles. The Morgan fingerprint density at radius 1 is 1.10 bits per heavy atom. The summed E-state index contributed by atoms with van der Waals surface area (Å²) >= 11 is 1.49. The van der Waals surface area contributed by atoms with Crippen molar-refractivity contribution in [2.24, 2.45) is 4.99 Å². The van der Waals surface area contributed by atoms with Crippen molar-refractivity contribution < 1.29 is 17.9 Å². The van der Waals surface area contributed by atoms with Gasteiger partial charge in [-0.25, -0.2) is 8.42 Å². The van der Waals surface area contributed by atoms with Gasteiger partial charge in [0.1, 0.15) is 0 Å². The summed E-state index contributed by atoms with van der Waals surface area (Å²) in [6.45, 7) is 6.30. The summed E-state index contributed by atoms with van der Waals surface area (Å²) in [6, 6.07) is 12.2. The fourth-order valence-corrected chi connectivity index (χ4v) is 6.27. The Balaban J connectivity index is 1.66. The molecule has 2 heterocycles. The van der Waals surface area contributed by atoms with Gasteiger partial charge in [-0.15, -0.1) is 0 Å². The van der Waals surface area contributed by atoms with Gasteiger partial charge in [0.05, 0.1) is 28.3 Å². The molecule has 7 nitrogen and oxygen atoms in total. The SMILES string of the molecule is CCc1cccc2sc(=NC(=O)c3ccc(S(=O)(=O)N4CCOCC4)cc3)n(CC)c12. The van der Waals surface area contributed by atoms with Crippen LogP contribution in [0.4, 0.5) is 0 Å². The van der Waals surface area contributed by atoms with Crippen molar-refractivity contribution in [1.29, 1.82) is 0 Å². The Hall–Kier alpha value is -2.33. The van der Waals surface area contributed by atoms with Gasteiger partial charge in [0.2, 0.25) is 10.0 Å². The van der Waals surface area contributed by atoms with E-state index in [2.05, 4.69) is 22.5 Å². The second-order valence-electron chi connectivity index (χ2n) is 7.20.